The number of hydrogen-bond donors (Lipinski definition) is 0. The summed E-state index contributed by atoms with van der Waals surface area (Å²) in [6, 6.07) is 14.2. The van der Waals surface area contributed by atoms with Gasteiger partial charge in [-0.3, -0.25) is 0 Å². The van der Waals surface area contributed by atoms with Crippen LogP contribution in [0.4, 0.5) is 8.78 Å². The summed E-state index contributed by atoms with van der Waals surface area (Å²) < 4.78 is 33.8. The Morgan fingerprint density at radius 1 is 1.00 bits per heavy atom. The Bertz CT molecular complexity index is 770. The molecule has 0 saturated heterocycles. The molecule has 0 N–H and O–H groups in total. The molecule has 1 aliphatic carbocycles. The van der Waals surface area contributed by atoms with Crippen molar-refractivity contribution >= 4 is 0 Å². The van der Waals surface area contributed by atoms with Crippen LogP contribution in [-0.4, -0.2) is 0 Å². The van der Waals surface area contributed by atoms with Gasteiger partial charge in [0.15, 0.2) is 0 Å². The molecule has 27 heavy (non-hydrogen) atoms. The monoisotopic (exact) mass is 369 g/mol. The molecule has 0 unspecified atom stereocenters. The summed E-state index contributed by atoms with van der Waals surface area (Å²) in [5, 5.41) is 8.77. The lowest BCUT2D eigenvalue weighted by Gasteiger charge is -2.29. The van der Waals surface area contributed by atoms with Gasteiger partial charge in [-0.25, -0.2) is 0 Å². The van der Waals surface area contributed by atoms with Crippen molar-refractivity contribution in [2.75, 3.05) is 0 Å². The first-order valence-corrected chi connectivity index (χ1v) is 9.69. The van der Waals surface area contributed by atoms with E-state index in [2.05, 4.69) is 6.92 Å². The molecular weight excluding hydrogens is 344 g/mol. The normalized spacial score (nSPS) is 20.1. The molecule has 3 rings (SSSR count). The standard InChI is InChI=1S/C23H25F2NO/c1-2-3-17-4-8-19(9-5-17)20-10-12-21(13-11-20)23(24,25)27-22-14-6-18(16-26)7-15-22/h6-7,10-15,17,19H,2-5,8-9H2,1H3/t17-,19-. The molecule has 1 saturated carbocycles. The lowest BCUT2D eigenvalue weighted by atomic mass is 9.77. The summed E-state index contributed by atoms with van der Waals surface area (Å²) in [5.74, 6) is 1.34. The van der Waals surface area contributed by atoms with Crippen LogP contribution in [0.25, 0.3) is 0 Å². The summed E-state index contributed by atoms with van der Waals surface area (Å²) in [6.07, 6.45) is 3.87. The molecule has 0 heterocycles. The van der Waals surface area contributed by atoms with E-state index in [1.165, 1.54) is 62.1 Å². The van der Waals surface area contributed by atoms with E-state index in [1.807, 2.05) is 18.2 Å². The quantitative estimate of drug-likeness (QED) is 0.563. The van der Waals surface area contributed by atoms with E-state index >= 15 is 0 Å². The highest BCUT2D eigenvalue weighted by molar-refractivity contribution is 5.35. The summed E-state index contributed by atoms with van der Waals surface area (Å²) >= 11 is 0. The third-order valence-corrected chi connectivity index (χ3v) is 5.49. The van der Waals surface area contributed by atoms with Crippen molar-refractivity contribution < 1.29 is 13.5 Å². The second-order valence-corrected chi connectivity index (χ2v) is 7.38. The minimum atomic E-state index is -3.41. The molecule has 1 fully saturated rings. The van der Waals surface area contributed by atoms with E-state index in [0.717, 1.165) is 24.3 Å². The largest absolute Gasteiger partial charge is 0.429 e. The SMILES string of the molecule is CCC[C@H]1CC[C@H](c2ccc(C(F)(F)Oc3ccc(C#N)cc3)cc2)CC1. The minimum absolute atomic E-state index is 0.0392. The van der Waals surface area contributed by atoms with Crippen molar-refractivity contribution in [3.8, 4) is 11.8 Å². The highest BCUT2D eigenvalue weighted by Crippen LogP contribution is 2.38. The van der Waals surface area contributed by atoms with Gasteiger partial charge in [0, 0.05) is 0 Å². The molecule has 0 bridgehead atoms. The van der Waals surface area contributed by atoms with Gasteiger partial charge in [0.05, 0.1) is 17.2 Å². The summed E-state index contributed by atoms with van der Waals surface area (Å²) in [7, 11) is 0. The van der Waals surface area contributed by atoms with Crippen LogP contribution in [0.2, 0.25) is 0 Å². The van der Waals surface area contributed by atoms with E-state index in [4.69, 9.17) is 10.00 Å². The number of rotatable bonds is 6. The number of nitrogens with zero attached hydrogens (tertiary/aromatic N) is 1. The van der Waals surface area contributed by atoms with Crippen LogP contribution in [0.1, 0.15) is 68.1 Å². The van der Waals surface area contributed by atoms with Gasteiger partial charge >= 0.3 is 6.11 Å². The number of hydrogen-bond acceptors (Lipinski definition) is 2. The number of nitriles is 1. The number of ether oxygens (including phenoxy) is 1. The average Bonchev–Trinajstić information content (AvgIpc) is 2.69. The van der Waals surface area contributed by atoms with Crippen molar-refractivity contribution in [2.24, 2.45) is 5.92 Å². The van der Waals surface area contributed by atoms with Crippen molar-refractivity contribution in [1.82, 2.24) is 0 Å². The van der Waals surface area contributed by atoms with Gasteiger partial charge in [0.25, 0.3) is 0 Å². The summed E-state index contributed by atoms with van der Waals surface area (Å²) in [5.41, 5.74) is 1.39. The van der Waals surface area contributed by atoms with Crippen molar-refractivity contribution in [3.05, 3.63) is 65.2 Å². The van der Waals surface area contributed by atoms with Crippen molar-refractivity contribution in [1.29, 1.82) is 5.26 Å². The fraction of sp³-hybridized carbons (Fsp3) is 0.435. The number of halogens is 2. The highest BCUT2D eigenvalue weighted by Gasteiger charge is 2.34. The van der Waals surface area contributed by atoms with Gasteiger partial charge in [-0.2, -0.15) is 14.0 Å². The highest BCUT2D eigenvalue weighted by atomic mass is 19.3. The molecule has 2 aromatic carbocycles. The lowest BCUT2D eigenvalue weighted by molar-refractivity contribution is -0.185. The average molecular weight is 369 g/mol. The first-order chi connectivity index (χ1) is 13.0. The molecule has 0 aromatic heterocycles. The zero-order chi connectivity index (χ0) is 19.3. The van der Waals surface area contributed by atoms with Gasteiger partial charge in [-0.15, -0.1) is 0 Å². The topological polar surface area (TPSA) is 33.0 Å². The van der Waals surface area contributed by atoms with Crippen LogP contribution in [0, 0.1) is 17.2 Å². The number of alkyl halides is 2. The van der Waals surface area contributed by atoms with Crippen LogP contribution < -0.4 is 4.74 Å². The first-order valence-electron chi connectivity index (χ1n) is 9.69. The van der Waals surface area contributed by atoms with Crippen molar-refractivity contribution in [2.45, 2.75) is 57.5 Å². The van der Waals surface area contributed by atoms with Crippen LogP contribution in [-0.2, 0) is 6.11 Å². The van der Waals surface area contributed by atoms with Crippen LogP contribution in [0.5, 0.6) is 5.75 Å². The number of benzene rings is 2. The molecule has 0 aliphatic heterocycles. The Hall–Kier alpha value is -2.41. The van der Waals surface area contributed by atoms with Crippen LogP contribution in [0.15, 0.2) is 48.5 Å². The van der Waals surface area contributed by atoms with Crippen LogP contribution >= 0.6 is 0 Å². The fourth-order valence-electron chi connectivity index (χ4n) is 3.95. The molecular formula is C23H25F2NO. The Morgan fingerprint density at radius 2 is 1.63 bits per heavy atom. The lowest BCUT2D eigenvalue weighted by Crippen LogP contribution is -2.22. The minimum Gasteiger partial charge on any atom is -0.429 e. The van der Waals surface area contributed by atoms with Gasteiger partial charge in [0.2, 0.25) is 0 Å². The van der Waals surface area contributed by atoms with E-state index in [0.29, 0.717) is 11.5 Å². The molecule has 0 amide bonds. The first kappa shape index (κ1) is 19.4. The van der Waals surface area contributed by atoms with Gasteiger partial charge < -0.3 is 4.74 Å². The molecule has 0 atom stereocenters. The second-order valence-electron chi connectivity index (χ2n) is 7.38. The predicted octanol–water partition coefficient (Wildman–Crippen LogP) is 6.76. The van der Waals surface area contributed by atoms with Crippen LogP contribution in [0.3, 0.4) is 0 Å². The Kier molecular flexibility index (Phi) is 6.11. The zero-order valence-corrected chi connectivity index (χ0v) is 15.6. The third-order valence-electron chi connectivity index (χ3n) is 5.49. The molecule has 0 radical (unpaired) electrons. The Morgan fingerprint density at radius 3 is 2.19 bits per heavy atom. The van der Waals surface area contributed by atoms with E-state index in [-0.39, 0.29) is 11.3 Å². The summed E-state index contributed by atoms with van der Waals surface area (Å²) in [6.45, 7) is 2.23. The Balaban J connectivity index is 1.64. The predicted molar refractivity (Wildman–Crippen MR) is 102 cm³/mol. The zero-order valence-electron chi connectivity index (χ0n) is 15.6. The maximum Gasteiger partial charge on any atom is 0.426 e. The van der Waals surface area contributed by atoms with Crippen molar-refractivity contribution in [3.63, 3.8) is 0 Å². The van der Waals surface area contributed by atoms with Gasteiger partial charge in [-0.1, -0.05) is 31.9 Å². The Labute approximate surface area is 159 Å². The van der Waals surface area contributed by atoms with E-state index in [1.54, 1.807) is 0 Å². The molecule has 2 nitrogen and oxygen atoms in total. The van der Waals surface area contributed by atoms with E-state index < -0.39 is 6.11 Å². The molecule has 4 heteroatoms. The van der Waals surface area contributed by atoms with E-state index in [9.17, 15) is 8.78 Å². The second kappa shape index (κ2) is 8.52. The van der Waals surface area contributed by atoms with Gasteiger partial charge in [-0.05, 0) is 79.5 Å². The maximum atomic E-state index is 14.4. The third kappa shape index (κ3) is 4.86. The fourth-order valence-corrected chi connectivity index (χ4v) is 3.95. The molecule has 142 valence electrons. The molecule has 1 aliphatic rings. The maximum absolute atomic E-state index is 14.4. The van der Waals surface area contributed by atoms with Gasteiger partial charge in [0.1, 0.15) is 5.75 Å². The summed E-state index contributed by atoms with van der Waals surface area (Å²) in [4.78, 5) is 0. The molecule has 2 aromatic rings. The smallest absolute Gasteiger partial charge is 0.426 e. The molecule has 0 spiro atoms.